The first kappa shape index (κ1) is 20.9. The fourth-order valence-electron chi connectivity index (χ4n) is 2.89. The van der Waals surface area contributed by atoms with E-state index in [4.69, 9.17) is 13.9 Å². The van der Waals surface area contributed by atoms with Gasteiger partial charge in [0.1, 0.15) is 11.5 Å². The average Bonchev–Trinajstić information content (AvgIpc) is 2.87. The summed E-state index contributed by atoms with van der Waals surface area (Å²) in [5, 5.41) is 0. The molecule has 4 heteroatoms. The van der Waals surface area contributed by atoms with E-state index in [1.165, 1.54) is 0 Å². The summed E-state index contributed by atoms with van der Waals surface area (Å²) >= 11 is 0. The van der Waals surface area contributed by atoms with E-state index in [2.05, 4.69) is 34.6 Å². The first-order chi connectivity index (χ1) is 11.1. The first-order valence-electron chi connectivity index (χ1n) is 9.00. The van der Waals surface area contributed by atoms with Crippen LogP contribution in [0.1, 0.15) is 102 Å². The van der Waals surface area contributed by atoms with Crippen molar-refractivity contribution in [2.75, 3.05) is 13.2 Å². The molecule has 0 aliphatic carbocycles. The smallest absolute Gasteiger partial charge is 0.222 e. The Kier molecular flexibility index (Phi) is 7.24. The Hall–Kier alpha value is -1.13. The number of furan rings is 1. The molecule has 0 atom stereocenters. The Morgan fingerprint density at radius 3 is 1.75 bits per heavy atom. The molecule has 138 valence electrons. The Bertz CT molecular complexity index is 541. The highest BCUT2D eigenvalue weighted by molar-refractivity contribution is 6.01. The van der Waals surface area contributed by atoms with E-state index >= 15 is 0 Å². The van der Waals surface area contributed by atoms with Gasteiger partial charge in [0.25, 0.3) is 0 Å². The number of carbonyl (C=O) groups excluding carboxylic acids is 1. The number of ether oxygens (including phenoxy) is 2. The average molecular weight is 338 g/mol. The van der Waals surface area contributed by atoms with Crippen LogP contribution in [-0.2, 0) is 14.9 Å². The fourth-order valence-corrected chi connectivity index (χ4v) is 2.89. The number of ketones is 1. The van der Waals surface area contributed by atoms with Gasteiger partial charge in [-0.2, -0.15) is 0 Å². The monoisotopic (exact) mass is 338 g/mol. The van der Waals surface area contributed by atoms with Gasteiger partial charge in [-0.3, -0.25) is 4.79 Å². The molecule has 24 heavy (non-hydrogen) atoms. The van der Waals surface area contributed by atoms with Crippen LogP contribution in [0.4, 0.5) is 0 Å². The zero-order chi connectivity index (χ0) is 18.7. The van der Waals surface area contributed by atoms with Gasteiger partial charge >= 0.3 is 0 Å². The maximum absolute atomic E-state index is 13.2. The number of rotatable bonds is 8. The van der Waals surface area contributed by atoms with Crippen LogP contribution in [-0.4, -0.2) is 25.3 Å². The van der Waals surface area contributed by atoms with E-state index in [0.717, 1.165) is 17.1 Å². The number of Topliss-reactive ketones (excluding diaryl/α,β-unsaturated/α-hetero) is 1. The molecule has 0 amide bonds. The Labute approximate surface area is 146 Å². The van der Waals surface area contributed by atoms with Gasteiger partial charge in [-0.1, -0.05) is 48.5 Å². The second-order valence-corrected chi connectivity index (χ2v) is 7.75. The third-order valence-electron chi connectivity index (χ3n) is 3.86. The Morgan fingerprint density at radius 2 is 1.42 bits per heavy atom. The molecule has 0 unspecified atom stereocenters. The van der Waals surface area contributed by atoms with Crippen LogP contribution in [0.2, 0.25) is 0 Å². The molecule has 0 N–H and O–H groups in total. The first-order valence-corrected chi connectivity index (χ1v) is 9.00. The molecule has 0 aliphatic rings. The van der Waals surface area contributed by atoms with Gasteiger partial charge in [-0.25, -0.2) is 0 Å². The van der Waals surface area contributed by atoms with Gasteiger partial charge in [-0.05, 0) is 19.3 Å². The molecule has 0 spiro atoms. The van der Waals surface area contributed by atoms with Crippen LogP contribution in [0.3, 0.4) is 0 Å². The Balaban J connectivity index is 3.61. The molecule has 1 heterocycles. The molecule has 0 radical (unpaired) electrons. The van der Waals surface area contributed by atoms with Crippen molar-refractivity contribution in [2.24, 2.45) is 0 Å². The molecule has 0 saturated carbocycles. The topological polar surface area (TPSA) is 48.7 Å². The summed E-state index contributed by atoms with van der Waals surface area (Å²) in [4.78, 5) is 13.2. The van der Waals surface area contributed by atoms with Crippen LogP contribution >= 0.6 is 0 Å². The van der Waals surface area contributed by atoms with Crippen LogP contribution in [0.5, 0.6) is 0 Å². The van der Waals surface area contributed by atoms with Gasteiger partial charge in [0.2, 0.25) is 12.1 Å². The molecule has 1 aromatic rings. The minimum absolute atomic E-state index is 0.112. The van der Waals surface area contributed by atoms with Crippen molar-refractivity contribution in [3.63, 3.8) is 0 Å². The molecule has 0 aromatic carbocycles. The lowest BCUT2D eigenvalue weighted by atomic mass is 9.80. The van der Waals surface area contributed by atoms with Crippen LogP contribution in [0.15, 0.2) is 4.42 Å². The maximum atomic E-state index is 13.2. The summed E-state index contributed by atoms with van der Waals surface area (Å²) in [6.45, 7) is 19.2. The van der Waals surface area contributed by atoms with Crippen molar-refractivity contribution >= 4 is 5.78 Å². The van der Waals surface area contributed by atoms with Crippen molar-refractivity contribution in [3.05, 3.63) is 22.6 Å². The summed E-state index contributed by atoms with van der Waals surface area (Å²) in [7, 11) is 0. The predicted molar refractivity (Wildman–Crippen MR) is 97.0 cm³/mol. The summed E-state index contributed by atoms with van der Waals surface area (Å²) in [6, 6.07) is 0. The third-order valence-corrected chi connectivity index (χ3v) is 3.86. The standard InChI is InChI=1S/C20H34O4/c1-10-22-19(23-11-2)16(21)14-15(20(7,8)9)18(13(5)6)24-17(14)12(3)4/h12-13,19H,10-11H2,1-9H3. The van der Waals surface area contributed by atoms with Gasteiger partial charge in [-0.15, -0.1) is 0 Å². The van der Waals surface area contributed by atoms with Crippen molar-refractivity contribution in [3.8, 4) is 0 Å². The molecule has 1 rings (SSSR count). The maximum Gasteiger partial charge on any atom is 0.222 e. The lowest BCUT2D eigenvalue weighted by molar-refractivity contribution is -0.107. The summed E-state index contributed by atoms with van der Waals surface area (Å²) in [6.07, 6.45) is -0.879. The zero-order valence-electron chi connectivity index (χ0n) is 16.8. The fraction of sp³-hybridized carbons (Fsp3) is 0.750. The molecule has 0 bridgehead atoms. The van der Waals surface area contributed by atoms with Crippen LogP contribution in [0, 0.1) is 0 Å². The molecule has 4 nitrogen and oxygen atoms in total. The van der Waals surface area contributed by atoms with E-state index in [1.807, 2.05) is 27.7 Å². The second-order valence-electron chi connectivity index (χ2n) is 7.75. The molecular weight excluding hydrogens is 304 g/mol. The van der Waals surface area contributed by atoms with E-state index in [9.17, 15) is 4.79 Å². The predicted octanol–water partition coefficient (Wildman–Crippen LogP) is 5.41. The SMILES string of the molecule is CCOC(OCC)C(=O)c1c(C(C)C)oc(C(C)C)c1C(C)(C)C. The van der Waals surface area contributed by atoms with Crippen molar-refractivity contribution in [2.45, 2.75) is 85.9 Å². The molecule has 0 fully saturated rings. The van der Waals surface area contributed by atoms with Crippen molar-refractivity contribution in [1.82, 2.24) is 0 Å². The third kappa shape index (κ3) is 4.48. The zero-order valence-corrected chi connectivity index (χ0v) is 16.8. The largest absolute Gasteiger partial charge is 0.464 e. The van der Waals surface area contributed by atoms with E-state index in [1.54, 1.807) is 0 Å². The van der Waals surface area contributed by atoms with Gasteiger partial charge in [0.05, 0.1) is 5.56 Å². The molecular formula is C20H34O4. The number of hydrogen-bond acceptors (Lipinski definition) is 4. The normalized spacial score (nSPS) is 12.7. The molecule has 0 aliphatic heterocycles. The summed E-state index contributed by atoms with van der Waals surface area (Å²) < 4.78 is 17.3. The Morgan fingerprint density at radius 1 is 0.958 bits per heavy atom. The molecule has 1 aromatic heterocycles. The quantitative estimate of drug-likeness (QED) is 0.470. The van der Waals surface area contributed by atoms with Crippen molar-refractivity contribution < 1.29 is 18.7 Å². The number of carbonyl (C=O) groups is 1. The highest BCUT2D eigenvalue weighted by atomic mass is 16.7. The van der Waals surface area contributed by atoms with Gasteiger partial charge < -0.3 is 13.9 Å². The van der Waals surface area contributed by atoms with Gasteiger partial charge in [0.15, 0.2) is 0 Å². The van der Waals surface area contributed by atoms with E-state index in [-0.39, 0.29) is 23.0 Å². The minimum Gasteiger partial charge on any atom is -0.464 e. The van der Waals surface area contributed by atoms with Crippen LogP contribution in [0.25, 0.3) is 0 Å². The van der Waals surface area contributed by atoms with Crippen LogP contribution < -0.4 is 0 Å². The lowest BCUT2D eigenvalue weighted by Crippen LogP contribution is -2.30. The highest BCUT2D eigenvalue weighted by Crippen LogP contribution is 2.40. The van der Waals surface area contributed by atoms with E-state index < -0.39 is 6.29 Å². The van der Waals surface area contributed by atoms with E-state index in [0.29, 0.717) is 18.8 Å². The minimum atomic E-state index is -0.879. The van der Waals surface area contributed by atoms with Gasteiger partial charge in [0, 0.05) is 30.6 Å². The summed E-state index contributed by atoms with van der Waals surface area (Å²) in [5.74, 6) is 1.81. The lowest BCUT2D eigenvalue weighted by Gasteiger charge is -2.23. The number of hydrogen-bond donors (Lipinski definition) is 0. The van der Waals surface area contributed by atoms with Crippen molar-refractivity contribution in [1.29, 1.82) is 0 Å². The summed E-state index contributed by atoms with van der Waals surface area (Å²) in [5.41, 5.74) is 1.42. The highest BCUT2D eigenvalue weighted by Gasteiger charge is 2.37. The molecule has 0 saturated heterocycles. The second kappa shape index (κ2) is 8.30.